The Morgan fingerprint density at radius 2 is 2.00 bits per heavy atom. The summed E-state index contributed by atoms with van der Waals surface area (Å²) in [5, 5.41) is 0. The number of rotatable bonds is 3. The van der Waals surface area contributed by atoms with Gasteiger partial charge in [-0.2, -0.15) is 4.98 Å². The van der Waals surface area contributed by atoms with Crippen LogP contribution in [0.4, 0.5) is 0 Å². The molecule has 0 atom stereocenters. The minimum Gasteiger partial charge on any atom is -0.474 e. The molecule has 1 aromatic heterocycles. The number of halogens is 1. The van der Waals surface area contributed by atoms with Crippen LogP contribution in [-0.2, 0) is 0 Å². The molecule has 0 aliphatic carbocycles. The van der Waals surface area contributed by atoms with E-state index < -0.39 is 0 Å². The lowest BCUT2D eigenvalue weighted by Crippen LogP contribution is -2.35. The molecule has 0 radical (unpaired) electrons. The van der Waals surface area contributed by atoms with Gasteiger partial charge >= 0.3 is 0 Å². The summed E-state index contributed by atoms with van der Waals surface area (Å²) in [7, 11) is 2.15. The Hall–Kier alpha value is -0.680. The molecule has 0 N–H and O–H groups in total. The standard InChI is InChI=1S/C13H20BrN3O/c1-9(2)13-15-11(14)8-12(16-13)18-10-4-6-17(3)7-5-10/h8-10H,4-7H2,1-3H3. The fourth-order valence-electron chi connectivity index (χ4n) is 2.01. The molecule has 0 saturated carbocycles. The number of aromatic nitrogens is 2. The van der Waals surface area contributed by atoms with Gasteiger partial charge in [0.2, 0.25) is 5.88 Å². The maximum absolute atomic E-state index is 5.97. The van der Waals surface area contributed by atoms with Gasteiger partial charge in [0.1, 0.15) is 16.5 Å². The first-order valence-electron chi connectivity index (χ1n) is 6.44. The molecule has 1 saturated heterocycles. The molecule has 0 spiro atoms. The van der Waals surface area contributed by atoms with Crippen LogP contribution in [0.5, 0.6) is 5.88 Å². The Balaban J connectivity index is 2.04. The van der Waals surface area contributed by atoms with Gasteiger partial charge in [-0.3, -0.25) is 0 Å². The lowest BCUT2D eigenvalue weighted by molar-refractivity contribution is 0.109. The first-order chi connectivity index (χ1) is 8.54. The summed E-state index contributed by atoms with van der Waals surface area (Å²) in [6, 6.07) is 1.85. The molecule has 0 amide bonds. The lowest BCUT2D eigenvalue weighted by atomic mass is 10.1. The summed E-state index contributed by atoms with van der Waals surface area (Å²) in [5.74, 6) is 1.82. The monoisotopic (exact) mass is 313 g/mol. The predicted octanol–water partition coefficient (Wildman–Crippen LogP) is 2.84. The van der Waals surface area contributed by atoms with Crippen LogP contribution in [0.3, 0.4) is 0 Å². The van der Waals surface area contributed by atoms with Gasteiger partial charge in [-0.05, 0) is 35.8 Å². The average molecular weight is 314 g/mol. The second-order valence-corrected chi connectivity index (χ2v) is 5.97. The van der Waals surface area contributed by atoms with Crippen LogP contribution in [0, 0.1) is 0 Å². The van der Waals surface area contributed by atoms with Gasteiger partial charge < -0.3 is 9.64 Å². The number of likely N-dealkylation sites (tertiary alicyclic amines) is 1. The van der Waals surface area contributed by atoms with Gasteiger partial charge in [0.25, 0.3) is 0 Å². The Morgan fingerprint density at radius 3 is 2.61 bits per heavy atom. The molecular weight excluding hydrogens is 294 g/mol. The molecular formula is C13H20BrN3O. The van der Waals surface area contributed by atoms with Gasteiger partial charge in [0, 0.05) is 25.1 Å². The summed E-state index contributed by atoms with van der Waals surface area (Å²) >= 11 is 3.42. The van der Waals surface area contributed by atoms with Crippen LogP contribution in [0.15, 0.2) is 10.7 Å². The third-order valence-corrected chi connectivity index (χ3v) is 3.56. The van der Waals surface area contributed by atoms with E-state index in [0.717, 1.165) is 36.4 Å². The minimum atomic E-state index is 0.281. The summed E-state index contributed by atoms with van der Waals surface area (Å²) in [6.45, 7) is 6.35. The number of piperidine rings is 1. The highest BCUT2D eigenvalue weighted by molar-refractivity contribution is 9.10. The van der Waals surface area contributed by atoms with E-state index in [2.05, 4.69) is 51.7 Å². The van der Waals surface area contributed by atoms with Crippen molar-refractivity contribution in [3.05, 3.63) is 16.5 Å². The van der Waals surface area contributed by atoms with Crippen molar-refractivity contribution < 1.29 is 4.74 Å². The number of hydrogen-bond donors (Lipinski definition) is 0. The second kappa shape index (κ2) is 5.97. The maximum Gasteiger partial charge on any atom is 0.218 e. The molecule has 2 heterocycles. The van der Waals surface area contributed by atoms with Crippen LogP contribution < -0.4 is 4.74 Å². The van der Waals surface area contributed by atoms with Crippen LogP contribution in [0.1, 0.15) is 38.4 Å². The van der Waals surface area contributed by atoms with Crippen LogP contribution in [0.25, 0.3) is 0 Å². The third kappa shape index (κ3) is 3.65. The minimum absolute atomic E-state index is 0.281. The van der Waals surface area contributed by atoms with E-state index in [-0.39, 0.29) is 6.10 Å². The van der Waals surface area contributed by atoms with Gasteiger partial charge in [-0.25, -0.2) is 4.98 Å². The molecule has 1 aromatic rings. The first-order valence-corrected chi connectivity index (χ1v) is 7.23. The lowest BCUT2D eigenvalue weighted by Gasteiger charge is -2.29. The fraction of sp³-hybridized carbons (Fsp3) is 0.692. The molecule has 18 heavy (non-hydrogen) atoms. The predicted molar refractivity (Wildman–Crippen MR) is 75.0 cm³/mol. The molecule has 2 rings (SSSR count). The molecule has 1 aliphatic heterocycles. The Morgan fingerprint density at radius 1 is 1.33 bits per heavy atom. The molecule has 0 unspecified atom stereocenters. The van der Waals surface area contributed by atoms with Gasteiger partial charge in [0.15, 0.2) is 0 Å². The van der Waals surface area contributed by atoms with Crippen LogP contribution in [0.2, 0.25) is 0 Å². The van der Waals surface area contributed by atoms with Crippen molar-refractivity contribution >= 4 is 15.9 Å². The molecule has 0 bridgehead atoms. The van der Waals surface area contributed by atoms with Crippen molar-refractivity contribution in [3.8, 4) is 5.88 Å². The highest BCUT2D eigenvalue weighted by Crippen LogP contribution is 2.22. The van der Waals surface area contributed by atoms with Crippen LogP contribution in [-0.4, -0.2) is 41.1 Å². The zero-order valence-electron chi connectivity index (χ0n) is 11.2. The summed E-state index contributed by atoms with van der Waals surface area (Å²) in [5.41, 5.74) is 0. The van der Waals surface area contributed by atoms with E-state index in [1.165, 1.54) is 0 Å². The molecule has 4 nitrogen and oxygen atoms in total. The van der Waals surface area contributed by atoms with E-state index >= 15 is 0 Å². The highest BCUT2D eigenvalue weighted by Gasteiger charge is 2.19. The zero-order chi connectivity index (χ0) is 13.1. The molecule has 100 valence electrons. The van der Waals surface area contributed by atoms with Crippen LogP contribution >= 0.6 is 15.9 Å². The van der Waals surface area contributed by atoms with E-state index in [0.29, 0.717) is 11.8 Å². The zero-order valence-corrected chi connectivity index (χ0v) is 12.8. The topological polar surface area (TPSA) is 38.2 Å². The summed E-state index contributed by atoms with van der Waals surface area (Å²) < 4.78 is 6.76. The first kappa shape index (κ1) is 13.7. The quantitative estimate of drug-likeness (QED) is 0.804. The van der Waals surface area contributed by atoms with E-state index in [1.54, 1.807) is 0 Å². The van der Waals surface area contributed by atoms with E-state index in [1.807, 2.05) is 6.07 Å². The average Bonchev–Trinajstić information content (AvgIpc) is 2.31. The molecule has 1 fully saturated rings. The molecule has 0 aromatic carbocycles. The smallest absolute Gasteiger partial charge is 0.218 e. The number of ether oxygens (including phenoxy) is 1. The van der Waals surface area contributed by atoms with Crippen molar-refractivity contribution in [2.45, 2.75) is 38.7 Å². The Bertz CT molecular complexity index is 403. The second-order valence-electron chi connectivity index (χ2n) is 5.16. The van der Waals surface area contributed by atoms with Crippen molar-refractivity contribution in [3.63, 3.8) is 0 Å². The third-order valence-electron chi connectivity index (χ3n) is 3.16. The van der Waals surface area contributed by atoms with Crippen molar-refractivity contribution in [1.82, 2.24) is 14.9 Å². The van der Waals surface area contributed by atoms with Crippen molar-refractivity contribution in [2.75, 3.05) is 20.1 Å². The number of nitrogens with zero attached hydrogens (tertiary/aromatic N) is 3. The van der Waals surface area contributed by atoms with Gasteiger partial charge in [-0.15, -0.1) is 0 Å². The van der Waals surface area contributed by atoms with E-state index in [4.69, 9.17) is 4.74 Å². The summed E-state index contributed by atoms with van der Waals surface area (Å²) in [4.78, 5) is 11.2. The van der Waals surface area contributed by atoms with Gasteiger partial charge in [-0.1, -0.05) is 13.8 Å². The molecule has 5 heteroatoms. The maximum atomic E-state index is 5.97. The van der Waals surface area contributed by atoms with Gasteiger partial charge in [0.05, 0.1) is 0 Å². The van der Waals surface area contributed by atoms with Crippen molar-refractivity contribution in [1.29, 1.82) is 0 Å². The number of hydrogen-bond acceptors (Lipinski definition) is 4. The fourth-order valence-corrected chi connectivity index (χ4v) is 2.38. The largest absolute Gasteiger partial charge is 0.474 e. The van der Waals surface area contributed by atoms with Crippen molar-refractivity contribution in [2.24, 2.45) is 0 Å². The molecule has 1 aliphatic rings. The Kier molecular flexibility index (Phi) is 4.56. The normalized spacial score (nSPS) is 18.3. The highest BCUT2D eigenvalue weighted by atomic mass is 79.9. The Labute approximate surface area is 117 Å². The summed E-state index contributed by atoms with van der Waals surface area (Å²) in [6.07, 6.45) is 2.41. The SMILES string of the molecule is CC(C)c1nc(Br)cc(OC2CCN(C)CC2)n1. The van der Waals surface area contributed by atoms with E-state index in [9.17, 15) is 0 Å².